The lowest BCUT2D eigenvalue weighted by Gasteiger charge is -2.07. The van der Waals surface area contributed by atoms with Gasteiger partial charge in [0.25, 0.3) is 5.56 Å². The van der Waals surface area contributed by atoms with Crippen LogP contribution in [0.25, 0.3) is 11.2 Å². The Labute approximate surface area is 166 Å². The Morgan fingerprint density at radius 3 is 2.52 bits per heavy atom. The molecule has 0 radical (unpaired) electrons. The molecule has 0 fully saturated rings. The number of aryl methyl sites for hydroxylation is 2. The van der Waals surface area contributed by atoms with Gasteiger partial charge in [-0.15, -0.1) is 0 Å². The lowest BCUT2D eigenvalue weighted by Crippen LogP contribution is -2.31. The van der Waals surface area contributed by atoms with Gasteiger partial charge in [0.1, 0.15) is 18.7 Å². The Morgan fingerprint density at radius 2 is 1.90 bits per heavy atom. The molecule has 0 spiro atoms. The Balaban J connectivity index is 1.93. The van der Waals surface area contributed by atoms with E-state index in [9.17, 15) is 19.2 Å². The fourth-order valence-electron chi connectivity index (χ4n) is 3.10. The fourth-order valence-corrected chi connectivity index (χ4v) is 3.10. The summed E-state index contributed by atoms with van der Waals surface area (Å²) in [6.45, 7) is 4.55. The van der Waals surface area contributed by atoms with Crippen molar-refractivity contribution in [3.63, 3.8) is 0 Å². The Kier molecular flexibility index (Phi) is 6.06. The number of hydrogen-bond acceptors (Lipinski definition) is 6. The van der Waals surface area contributed by atoms with Crippen LogP contribution in [0, 0.1) is 0 Å². The van der Waals surface area contributed by atoms with E-state index >= 15 is 0 Å². The molecule has 0 aliphatic carbocycles. The summed E-state index contributed by atoms with van der Waals surface area (Å²) in [5, 5.41) is 0. The van der Waals surface area contributed by atoms with Crippen molar-refractivity contribution in [1.29, 1.82) is 0 Å². The largest absolute Gasteiger partial charge is 0.454 e. The minimum atomic E-state index is -0.575. The van der Waals surface area contributed by atoms with Crippen LogP contribution in [0.15, 0.2) is 33.9 Å². The van der Waals surface area contributed by atoms with E-state index in [-0.39, 0.29) is 17.8 Å². The summed E-state index contributed by atoms with van der Waals surface area (Å²) < 4.78 is 8.42. The number of unbranched alkanes of at least 4 members (excludes halogenated alkanes) is 1. The summed E-state index contributed by atoms with van der Waals surface area (Å²) in [5.74, 6) is -0.198. The first-order chi connectivity index (χ1) is 14.0. The van der Waals surface area contributed by atoms with Gasteiger partial charge in [-0.2, -0.15) is 0 Å². The van der Waals surface area contributed by atoms with Crippen molar-refractivity contribution in [3.05, 3.63) is 62.1 Å². The average Bonchev–Trinajstić information content (AvgIpc) is 3.10. The van der Waals surface area contributed by atoms with E-state index in [2.05, 4.69) is 9.97 Å². The smallest absolute Gasteiger partial charge is 0.338 e. The molecule has 0 atom stereocenters. The number of nitrogens with one attached hydrogen (secondary N) is 1. The van der Waals surface area contributed by atoms with E-state index in [4.69, 9.17) is 4.74 Å². The second-order valence-electron chi connectivity index (χ2n) is 6.52. The number of carbonyl (C=O) groups is 2. The minimum Gasteiger partial charge on any atom is -0.454 e. The normalized spacial score (nSPS) is 11.0. The van der Waals surface area contributed by atoms with Gasteiger partial charge in [-0.25, -0.2) is 14.6 Å². The first-order valence-electron chi connectivity index (χ1n) is 9.44. The van der Waals surface area contributed by atoms with Crippen molar-refractivity contribution in [2.24, 2.45) is 0 Å². The average molecular weight is 398 g/mol. The highest BCUT2D eigenvalue weighted by atomic mass is 16.5. The molecule has 3 rings (SSSR count). The third-order valence-corrected chi connectivity index (χ3v) is 4.63. The molecule has 1 N–H and O–H groups in total. The van der Waals surface area contributed by atoms with Crippen molar-refractivity contribution in [3.8, 4) is 0 Å². The topological polar surface area (TPSA) is 116 Å². The van der Waals surface area contributed by atoms with Gasteiger partial charge in [-0.1, -0.05) is 25.5 Å². The number of ether oxygens (including phenoxy) is 1. The molecule has 0 aliphatic heterocycles. The van der Waals surface area contributed by atoms with E-state index in [1.54, 1.807) is 4.57 Å². The molecule has 1 aromatic carbocycles. The van der Waals surface area contributed by atoms with E-state index in [0.29, 0.717) is 36.3 Å². The van der Waals surface area contributed by atoms with Crippen molar-refractivity contribution in [2.75, 3.05) is 0 Å². The van der Waals surface area contributed by atoms with Gasteiger partial charge in [0.2, 0.25) is 0 Å². The maximum absolute atomic E-state index is 12.4. The van der Waals surface area contributed by atoms with Crippen LogP contribution < -0.4 is 11.2 Å². The van der Waals surface area contributed by atoms with Crippen molar-refractivity contribution in [1.82, 2.24) is 19.1 Å². The van der Waals surface area contributed by atoms with E-state index in [1.165, 1.54) is 28.8 Å². The molecular weight excluding hydrogens is 376 g/mol. The highest BCUT2D eigenvalue weighted by Crippen LogP contribution is 2.14. The summed E-state index contributed by atoms with van der Waals surface area (Å²) in [7, 11) is 0. The summed E-state index contributed by atoms with van der Waals surface area (Å²) in [6, 6.07) is 6.05. The first-order valence-corrected chi connectivity index (χ1v) is 9.44. The fraction of sp³-hybridized carbons (Fsp3) is 0.350. The Morgan fingerprint density at radius 1 is 1.17 bits per heavy atom. The highest BCUT2D eigenvalue weighted by molar-refractivity contribution is 5.90. The number of aromatic amines is 1. The van der Waals surface area contributed by atoms with Gasteiger partial charge in [0.15, 0.2) is 11.2 Å². The van der Waals surface area contributed by atoms with Gasteiger partial charge >= 0.3 is 11.7 Å². The molecule has 0 aliphatic rings. The first kappa shape index (κ1) is 20.2. The molecule has 29 heavy (non-hydrogen) atoms. The molecule has 2 heterocycles. The van der Waals surface area contributed by atoms with Crippen LogP contribution in [-0.4, -0.2) is 31.4 Å². The highest BCUT2D eigenvalue weighted by Gasteiger charge is 2.19. The molecule has 152 valence electrons. The van der Waals surface area contributed by atoms with Crippen LogP contribution in [0.3, 0.4) is 0 Å². The number of H-pyrrole nitrogens is 1. The maximum Gasteiger partial charge on any atom is 0.338 e. The summed E-state index contributed by atoms with van der Waals surface area (Å²) in [6.07, 6.45) is 2.34. The molecule has 2 aromatic heterocycles. The predicted molar refractivity (Wildman–Crippen MR) is 106 cm³/mol. The summed E-state index contributed by atoms with van der Waals surface area (Å²) in [5.41, 5.74) is 0.302. The Hall–Kier alpha value is -3.49. The predicted octanol–water partition coefficient (Wildman–Crippen LogP) is 1.88. The van der Waals surface area contributed by atoms with Crippen LogP contribution >= 0.6 is 0 Å². The van der Waals surface area contributed by atoms with Crippen LogP contribution in [-0.2, 0) is 24.4 Å². The summed E-state index contributed by atoms with van der Waals surface area (Å²) in [4.78, 5) is 54.4. The van der Waals surface area contributed by atoms with Crippen LogP contribution in [0.4, 0.5) is 0 Å². The molecule has 0 amide bonds. The maximum atomic E-state index is 12.4. The second-order valence-corrected chi connectivity index (χ2v) is 6.52. The van der Waals surface area contributed by atoms with Crippen LogP contribution in [0.2, 0.25) is 0 Å². The molecule has 0 saturated carbocycles. The number of aromatic nitrogens is 4. The molecule has 9 heteroatoms. The van der Waals surface area contributed by atoms with E-state index < -0.39 is 17.2 Å². The SMILES string of the molecule is CCCCn1c(=O)[nH]c(=O)c2c1nc(COC(=O)c1ccc(C=O)cc1)n2CC. The second kappa shape index (κ2) is 8.68. The zero-order chi connectivity index (χ0) is 21.0. The molecular formula is C20H22N4O5. The zero-order valence-corrected chi connectivity index (χ0v) is 16.3. The van der Waals surface area contributed by atoms with Crippen LogP contribution in [0.1, 0.15) is 53.2 Å². The number of benzene rings is 1. The molecule has 0 saturated heterocycles. The number of imidazole rings is 1. The monoisotopic (exact) mass is 398 g/mol. The third kappa shape index (κ3) is 4.03. The van der Waals surface area contributed by atoms with Gasteiger partial charge < -0.3 is 9.30 Å². The van der Waals surface area contributed by atoms with Crippen molar-refractivity contribution >= 4 is 23.4 Å². The quantitative estimate of drug-likeness (QED) is 0.457. The van der Waals surface area contributed by atoms with Gasteiger partial charge in [-0.3, -0.25) is 19.1 Å². The number of nitrogens with zero attached hydrogens (tertiary/aromatic N) is 3. The van der Waals surface area contributed by atoms with E-state index in [1.807, 2.05) is 13.8 Å². The summed E-state index contributed by atoms with van der Waals surface area (Å²) >= 11 is 0. The van der Waals surface area contributed by atoms with Crippen molar-refractivity contribution < 1.29 is 14.3 Å². The van der Waals surface area contributed by atoms with Gasteiger partial charge in [0, 0.05) is 18.7 Å². The van der Waals surface area contributed by atoms with Gasteiger partial charge in [0.05, 0.1) is 5.56 Å². The standard InChI is InChI=1S/C20H22N4O5/c1-3-5-10-24-17-16(18(26)22-20(24)28)23(4-2)15(21-17)12-29-19(27)14-8-6-13(11-25)7-9-14/h6-9,11H,3-5,10,12H2,1-2H3,(H,22,26,28). The third-order valence-electron chi connectivity index (χ3n) is 4.63. The minimum absolute atomic E-state index is 0.155. The molecule has 3 aromatic rings. The lowest BCUT2D eigenvalue weighted by molar-refractivity contribution is 0.0458. The number of esters is 1. The number of hydrogen-bond donors (Lipinski definition) is 1. The Bertz CT molecular complexity index is 1150. The van der Waals surface area contributed by atoms with Crippen LogP contribution in [0.5, 0.6) is 0 Å². The number of rotatable bonds is 8. The number of fused-ring (bicyclic) bond motifs is 1. The number of aldehydes is 1. The van der Waals surface area contributed by atoms with Gasteiger partial charge in [-0.05, 0) is 25.5 Å². The number of carbonyl (C=O) groups excluding carboxylic acids is 2. The van der Waals surface area contributed by atoms with Crippen molar-refractivity contribution in [2.45, 2.75) is 46.4 Å². The molecule has 9 nitrogen and oxygen atoms in total. The molecule has 0 unspecified atom stereocenters. The lowest BCUT2D eigenvalue weighted by atomic mass is 10.1. The molecule has 0 bridgehead atoms. The van der Waals surface area contributed by atoms with E-state index in [0.717, 1.165) is 12.8 Å². The zero-order valence-electron chi connectivity index (χ0n) is 16.3.